The summed E-state index contributed by atoms with van der Waals surface area (Å²) in [5.41, 5.74) is -3.38. The van der Waals surface area contributed by atoms with E-state index in [1.165, 1.54) is 13.2 Å². The molecule has 0 saturated heterocycles. The molecule has 2 aromatic rings. The number of hydrogen-bond acceptors (Lipinski definition) is 3. The molecule has 0 fully saturated rings. The van der Waals surface area contributed by atoms with Crippen molar-refractivity contribution in [1.29, 1.82) is 0 Å². The molecule has 1 aromatic heterocycles. The molecule has 0 saturated carbocycles. The quantitative estimate of drug-likeness (QED) is 0.693. The second kappa shape index (κ2) is 5.78. The van der Waals surface area contributed by atoms with Crippen LogP contribution in [-0.2, 0) is 13.2 Å². The molecule has 0 unspecified atom stereocenters. The normalized spacial score (nSPS) is 11.5. The highest BCUT2D eigenvalue weighted by molar-refractivity contribution is 14.1. The lowest BCUT2D eigenvalue weighted by Gasteiger charge is -2.16. The average molecular weight is 426 g/mol. The van der Waals surface area contributed by atoms with Crippen molar-refractivity contribution in [3.05, 3.63) is 54.4 Å². The molecule has 22 heavy (non-hydrogen) atoms. The van der Waals surface area contributed by atoms with Crippen LogP contribution in [0.3, 0.4) is 0 Å². The van der Waals surface area contributed by atoms with E-state index in [0.717, 1.165) is 7.05 Å². The van der Waals surface area contributed by atoms with Gasteiger partial charge in [0.1, 0.15) is 5.69 Å². The molecule has 0 atom stereocenters. The molecule has 2 rings (SSSR count). The summed E-state index contributed by atoms with van der Waals surface area (Å²) in [5, 5.41) is 0. The first-order chi connectivity index (χ1) is 10.2. The number of alkyl halides is 3. The number of aromatic nitrogens is 2. The molecule has 0 bridgehead atoms. The Bertz CT molecular complexity index is 840. The second-order valence-corrected chi connectivity index (χ2v) is 5.50. The molecule has 0 aliphatic carbocycles. The molecular formula is C13H10F3IN2O3. The van der Waals surface area contributed by atoms with Gasteiger partial charge in [0.05, 0.1) is 16.4 Å². The van der Waals surface area contributed by atoms with E-state index in [2.05, 4.69) is 0 Å². The first-order valence-corrected chi connectivity index (χ1v) is 6.99. The van der Waals surface area contributed by atoms with E-state index in [1.54, 1.807) is 12.1 Å². The van der Waals surface area contributed by atoms with Crippen LogP contribution in [0.5, 0.6) is 5.75 Å². The molecule has 118 valence electrons. The van der Waals surface area contributed by atoms with Gasteiger partial charge in [0.15, 0.2) is 5.75 Å². The van der Waals surface area contributed by atoms with Crippen LogP contribution in [0, 0.1) is 3.57 Å². The summed E-state index contributed by atoms with van der Waals surface area (Å²) in [6, 6.07) is 5.07. The number of rotatable bonds is 2. The number of para-hydroxylation sites is 1. The molecule has 0 aliphatic rings. The van der Waals surface area contributed by atoms with Crippen LogP contribution < -0.4 is 16.0 Å². The van der Waals surface area contributed by atoms with Crippen molar-refractivity contribution in [2.24, 2.45) is 7.05 Å². The van der Waals surface area contributed by atoms with E-state index >= 15 is 0 Å². The van der Waals surface area contributed by atoms with Crippen molar-refractivity contribution < 1.29 is 17.9 Å². The van der Waals surface area contributed by atoms with Crippen LogP contribution in [0.4, 0.5) is 13.2 Å². The molecule has 1 heterocycles. The molecule has 5 nitrogen and oxygen atoms in total. The maximum Gasteiger partial charge on any atom is 0.431 e. The van der Waals surface area contributed by atoms with Crippen molar-refractivity contribution in [2.45, 2.75) is 6.18 Å². The lowest BCUT2D eigenvalue weighted by atomic mass is 10.3. The van der Waals surface area contributed by atoms with Gasteiger partial charge in [-0.05, 0) is 34.7 Å². The number of nitrogens with zero attached hydrogens (tertiary/aromatic N) is 2. The Morgan fingerprint density at radius 1 is 1.23 bits per heavy atom. The van der Waals surface area contributed by atoms with Gasteiger partial charge in [-0.2, -0.15) is 13.2 Å². The lowest BCUT2D eigenvalue weighted by Crippen LogP contribution is -2.40. The van der Waals surface area contributed by atoms with Crippen molar-refractivity contribution in [3.63, 3.8) is 0 Å². The summed E-state index contributed by atoms with van der Waals surface area (Å²) in [5.74, 6) is 0.238. The van der Waals surface area contributed by atoms with Crippen LogP contribution in [-0.4, -0.2) is 16.2 Å². The number of methoxy groups -OCH3 is 1. The van der Waals surface area contributed by atoms with E-state index in [-0.39, 0.29) is 11.4 Å². The number of hydrogen-bond donors (Lipinski definition) is 0. The maximum atomic E-state index is 12.8. The first kappa shape index (κ1) is 16.6. The molecule has 0 N–H and O–H groups in total. The monoisotopic (exact) mass is 426 g/mol. The summed E-state index contributed by atoms with van der Waals surface area (Å²) in [7, 11) is 2.31. The molecule has 0 amide bonds. The first-order valence-electron chi connectivity index (χ1n) is 5.91. The van der Waals surface area contributed by atoms with Gasteiger partial charge in [-0.15, -0.1) is 0 Å². The van der Waals surface area contributed by atoms with Crippen LogP contribution in [0.2, 0.25) is 0 Å². The van der Waals surface area contributed by atoms with Crippen LogP contribution >= 0.6 is 22.6 Å². The zero-order chi connectivity index (χ0) is 16.7. The fourth-order valence-electron chi connectivity index (χ4n) is 2.00. The molecule has 0 aliphatic heterocycles. The smallest absolute Gasteiger partial charge is 0.431 e. The summed E-state index contributed by atoms with van der Waals surface area (Å²) < 4.78 is 45.3. The third-order valence-corrected chi connectivity index (χ3v) is 3.85. The average Bonchev–Trinajstić information content (AvgIpc) is 2.42. The van der Waals surface area contributed by atoms with Crippen LogP contribution in [0.25, 0.3) is 5.69 Å². The fraction of sp³-hybridized carbons (Fsp3) is 0.231. The Balaban J connectivity index is 2.86. The number of ether oxygens (including phenoxy) is 1. The Labute approximate surface area is 136 Å². The highest BCUT2D eigenvalue weighted by Crippen LogP contribution is 2.29. The Morgan fingerprint density at radius 2 is 1.86 bits per heavy atom. The van der Waals surface area contributed by atoms with E-state index in [4.69, 9.17) is 4.74 Å². The van der Waals surface area contributed by atoms with E-state index < -0.39 is 23.1 Å². The van der Waals surface area contributed by atoms with Gasteiger partial charge >= 0.3 is 11.9 Å². The topological polar surface area (TPSA) is 53.2 Å². The van der Waals surface area contributed by atoms with Crippen molar-refractivity contribution >= 4 is 22.6 Å². The van der Waals surface area contributed by atoms with Crippen molar-refractivity contribution in [2.75, 3.05) is 7.11 Å². The molecule has 1 aromatic carbocycles. The minimum Gasteiger partial charge on any atom is -0.493 e. The minimum absolute atomic E-state index is 0.0914. The third-order valence-electron chi connectivity index (χ3n) is 3.00. The summed E-state index contributed by atoms with van der Waals surface area (Å²) in [6.07, 6.45) is -4.79. The van der Waals surface area contributed by atoms with Crippen LogP contribution in [0.1, 0.15) is 5.69 Å². The van der Waals surface area contributed by atoms with Crippen LogP contribution in [0.15, 0.2) is 33.9 Å². The number of benzene rings is 1. The zero-order valence-electron chi connectivity index (χ0n) is 11.4. The lowest BCUT2D eigenvalue weighted by molar-refractivity contribution is -0.144. The fourth-order valence-corrected chi connectivity index (χ4v) is 2.70. The highest BCUT2D eigenvalue weighted by Gasteiger charge is 2.35. The highest BCUT2D eigenvalue weighted by atomic mass is 127. The summed E-state index contributed by atoms with van der Waals surface area (Å²) in [6.45, 7) is 0. The van der Waals surface area contributed by atoms with Gasteiger partial charge < -0.3 is 4.74 Å². The summed E-state index contributed by atoms with van der Waals surface area (Å²) in [4.78, 5) is 24.2. The molecule has 0 radical (unpaired) electrons. The van der Waals surface area contributed by atoms with Crippen molar-refractivity contribution in [1.82, 2.24) is 9.13 Å². The van der Waals surface area contributed by atoms with Gasteiger partial charge in [0, 0.05) is 13.1 Å². The molecule has 9 heteroatoms. The van der Waals surface area contributed by atoms with Gasteiger partial charge in [0.2, 0.25) is 0 Å². The van der Waals surface area contributed by atoms with Gasteiger partial charge in [-0.1, -0.05) is 6.07 Å². The Morgan fingerprint density at radius 3 is 2.41 bits per heavy atom. The van der Waals surface area contributed by atoms with E-state index in [1.807, 2.05) is 22.6 Å². The van der Waals surface area contributed by atoms with Gasteiger partial charge in [-0.25, -0.2) is 9.36 Å². The Hall–Kier alpha value is -1.78. The minimum atomic E-state index is -4.79. The largest absolute Gasteiger partial charge is 0.493 e. The molecular weight excluding hydrogens is 416 g/mol. The standard InChI is InChI=1S/C13H10F3IN2O3/c1-18-9(13(14,15)16)6-10(20)19(12(18)21)8-5-3-4-7(17)11(8)22-2/h3-6H,1-2H3. The zero-order valence-corrected chi connectivity index (χ0v) is 13.6. The second-order valence-electron chi connectivity index (χ2n) is 4.33. The predicted octanol–water partition coefficient (Wildman–Crippen LogP) is 2.17. The van der Waals surface area contributed by atoms with Gasteiger partial charge in [-0.3, -0.25) is 9.36 Å². The summed E-state index contributed by atoms with van der Waals surface area (Å²) >= 11 is 1.94. The Kier molecular flexibility index (Phi) is 4.36. The number of halogens is 4. The maximum absolute atomic E-state index is 12.8. The van der Waals surface area contributed by atoms with E-state index in [0.29, 0.717) is 18.8 Å². The van der Waals surface area contributed by atoms with Crippen molar-refractivity contribution in [3.8, 4) is 11.4 Å². The molecule has 0 spiro atoms. The predicted molar refractivity (Wildman–Crippen MR) is 81.6 cm³/mol. The SMILES string of the molecule is COc1c(I)cccc1-n1c(=O)cc(C(F)(F)F)n(C)c1=O. The van der Waals surface area contributed by atoms with E-state index in [9.17, 15) is 22.8 Å². The van der Waals surface area contributed by atoms with Gasteiger partial charge in [0.25, 0.3) is 5.56 Å². The third kappa shape index (κ3) is 2.76.